The van der Waals surface area contributed by atoms with Crippen molar-refractivity contribution in [1.29, 1.82) is 0 Å². The van der Waals surface area contributed by atoms with E-state index in [0.29, 0.717) is 23.9 Å². The summed E-state index contributed by atoms with van der Waals surface area (Å²) in [6.45, 7) is 5.33. The van der Waals surface area contributed by atoms with Gasteiger partial charge in [-0.05, 0) is 51.7 Å². The molecular formula is C30H37N9O2. The van der Waals surface area contributed by atoms with E-state index in [1.165, 1.54) is 0 Å². The number of aliphatic imine (C=N–C) groups is 2. The molecule has 2 aromatic heterocycles. The Balaban J connectivity index is 0.00000387. The predicted octanol–water partition coefficient (Wildman–Crippen LogP) is 5.45. The molecule has 0 radical (unpaired) electrons. The summed E-state index contributed by atoms with van der Waals surface area (Å²) < 4.78 is 2.07. The maximum Gasteiger partial charge on any atom is 0.294 e. The van der Waals surface area contributed by atoms with Crippen molar-refractivity contribution >= 4 is 45.8 Å². The number of nitrogens with zero attached hydrogens (tertiary/aromatic N) is 8. The fourth-order valence-corrected chi connectivity index (χ4v) is 4.77. The van der Waals surface area contributed by atoms with Crippen LogP contribution in [0.5, 0.6) is 0 Å². The summed E-state index contributed by atoms with van der Waals surface area (Å²) in [5.41, 5.74) is 6.71. The van der Waals surface area contributed by atoms with Gasteiger partial charge in [-0.25, -0.2) is 9.97 Å². The number of rotatable bonds is 9. The summed E-state index contributed by atoms with van der Waals surface area (Å²) in [5, 5.41) is 16.2. The zero-order chi connectivity index (χ0) is 28.6. The number of benzene rings is 2. The SMILES string of the molecule is C.Cc1cc(N(C)CCN(C)C)c([N+](=O)[O-])cc1Nc1nccc(-c2cn(C)c3cc(C4=NC(C)N=C4)ccc23)n1. The molecule has 0 spiro atoms. The van der Waals surface area contributed by atoms with Gasteiger partial charge in [-0.3, -0.25) is 20.1 Å². The second-order valence-electron chi connectivity index (χ2n) is 10.3. The minimum absolute atomic E-state index is 0. The molecule has 41 heavy (non-hydrogen) atoms. The third kappa shape index (κ3) is 6.09. The Labute approximate surface area is 240 Å². The normalized spacial score (nSPS) is 14.3. The summed E-state index contributed by atoms with van der Waals surface area (Å²) >= 11 is 0. The van der Waals surface area contributed by atoms with Crippen LogP contribution in [-0.2, 0) is 7.05 Å². The first-order valence-electron chi connectivity index (χ1n) is 13.1. The minimum atomic E-state index is -0.350. The van der Waals surface area contributed by atoms with Gasteiger partial charge in [-0.15, -0.1) is 0 Å². The van der Waals surface area contributed by atoms with Gasteiger partial charge < -0.3 is 19.7 Å². The molecule has 214 valence electrons. The van der Waals surface area contributed by atoms with Crippen LogP contribution in [0.25, 0.3) is 22.2 Å². The third-order valence-corrected chi connectivity index (χ3v) is 7.02. The third-order valence-electron chi connectivity index (χ3n) is 7.02. The highest BCUT2D eigenvalue weighted by Crippen LogP contribution is 2.35. The zero-order valence-corrected chi connectivity index (χ0v) is 23.6. The van der Waals surface area contributed by atoms with Crippen molar-refractivity contribution in [2.24, 2.45) is 17.0 Å². The van der Waals surface area contributed by atoms with Gasteiger partial charge in [-0.1, -0.05) is 19.6 Å². The van der Waals surface area contributed by atoms with Crippen molar-refractivity contribution in [2.75, 3.05) is 44.4 Å². The summed E-state index contributed by atoms with van der Waals surface area (Å²) in [6, 6.07) is 11.5. The highest BCUT2D eigenvalue weighted by atomic mass is 16.6. The number of fused-ring (bicyclic) bond motifs is 1. The molecule has 11 nitrogen and oxygen atoms in total. The number of hydrogen-bond acceptors (Lipinski definition) is 9. The first-order valence-corrected chi connectivity index (χ1v) is 13.1. The van der Waals surface area contributed by atoms with Crippen LogP contribution in [0.2, 0.25) is 0 Å². The molecule has 3 heterocycles. The second kappa shape index (κ2) is 11.8. The van der Waals surface area contributed by atoms with Gasteiger partial charge in [0.2, 0.25) is 5.95 Å². The van der Waals surface area contributed by atoms with Gasteiger partial charge >= 0.3 is 0 Å². The van der Waals surface area contributed by atoms with Crippen molar-refractivity contribution in [2.45, 2.75) is 27.4 Å². The number of aryl methyl sites for hydroxylation is 2. The van der Waals surface area contributed by atoms with E-state index in [-0.39, 0.29) is 24.2 Å². The quantitative estimate of drug-likeness (QED) is 0.216. The Kier molecular flexibility index (Phi) is 8.48. The van der Waals surface area contributed by atoms with Gasteiger partial charge in [0.05, 0.1) is 22.0 Å². The molecule has 1 aliphatic rings. The number of nitro groups is 1. The number of nitro benzene ring substituents is 1. The number of nitrogens with one attached hydrogen (secondary N) is 1. The van der Waals surface area contributed by atoms with Gasteiger partial charge in [0.1, 0.15) is 11.9 Å². The Hall–Kier alpha value is -4.64. The van der Waals surface area contributed by atoms with Crippen molar-refractivity contribution in [3.05, 3.63) is 70.0 Å². The summed E-state index contributed by atoms with van der Waals surface area (Å²) in [5.74, 6) is 0.364. The summed E-state index contributed by atoms with van der Waals surface area (Å²) in [7, 11) is 7.83. The van der Waals surface area contributed by atoms with Crippen molar-refractivity contribution in [3.63, 3.8) is 0 Å². The highest BCUT2D eigenvalue weighted by molar-refractivity contribution is 6.39. The smallest absolute Gasteiger partial charge is 0.294 e. The molecule has 0 saturated heterocycles. The Morgan fingerprint density at radius 1 is 1.12 bits per heavy atom. The Morgan fingerprint density at radius 3 is 2.59 bits per heavy atom. The minimum Gasteiger partial charge on any atom is -0.368 e. The number of anilines is 3. The van der Waals surface area contributed by atoms with Crippen LogP contribution in [0, 0.1) is 17.0 Å². The van der Waals surface area contributed by atoms with Crippen LogP contribution in [0.4, 0.5) is 23.0 Å². The van der Waals surface area contributed by atoms with Crippen LogP contribution in [0.3, 0.4) is 0 Å². The molecule has 0 amide bonds. The first kappa shape index (κ1) is 29.3. The highest BCUT2D eigenvalue weighted by Gasteiger charge is 2.21. The van der Waals surface area contributed by atoms with Crippen LogP contribution in [-0.4, -0.2) is 76.7 Å². The fourth-order valence-electron chi connectivity index (χ4n) is 4.77. The van der Waals surface area contributed by atoms with E-state index in [1.54, 1.807) is 12.3 Å². The molecule has 1 aliphatic heterocycles. The Bertz CT molecular complexity index is 1660. The van der Waals surface area contributed by atoms with Crippen LogP contribution in [0.1, 0.15) is 25.5 Å². The van der Waals surface area contributed by atoms with Crippen molar-refractivity contribution in [3.8, 4) is 11.3 Å². The van der Waals surface area contributed by atoms with Gasteiger partial charge in [0.25, 0.3) is 5.69 Å². The van der Waals surface area contributed by atoms with Gasteiger partial charge in [-0.2, -0.15) is 0 Å². The first-order chi connectivity index (χ1) is 19.1. The lowest BCUT2D eigenvalue weighted by Gasteiger charge is -2.22. The molecule has 5 rings (SSSR count). The van der Waals surface area contributed by atoms with Gasteiger partial charge in [0.15, 0.2) is 0 Å². The number of aromatic nitrogens is 3. The molecular weight excluding hydrogens is 518 g/mol. The van der Waals surface area contributed by atoms with E-state index >= 15 is 0 Å². The Morgan fingerprint density at radius 2 is 1.90 bits per heavy atom. The molecule has 4 aromatic rings. The van der Waals surface area contributed by atoms with E-state index in [1.807, 2.05) is 76.4 Å². The lowest BCUT2D eigenvalue weighted by atomic mass is 10.1. The largest absolute Gasteiger partial charge is 0.368 e. The molecule has 0 fully saturated rings. The second-order valence-corrected chi connectivity index (χ2v) is 10.3. The fraction of sp³-hybridized carbons (Fsp3) is 0.333. The van der Waals surface area contributed by atoms with E-state index in [4.69, 9.17) is 4.98 Å². The van der Waals surface area contributed by atoms with E-state index in [0.717, 1.165) is 45.5 Å². The molecule has 0 aliphatic carbocycles. The standard InChI is InChI=1S/C29H33N9O2.CH4/c1-18-13-27(36(5)12-11-35(3)4)28(38(39)40)15-24(18)34-29-30-10-9-23(33-29)22-17-37(6)26-14-20(7-8-21(22)26)25-16-31-19(2)32-25;/h7-10,13-17,19H,11-12H2,1-6H3,(H,30,33,34);1H4. The van der Waals surface area contributed by atoms with E-state index in [2.05, 4.69) is 43.1 Å². The number of hydrogen-bond donors (Lipinski definition) is 1. The summed E-state index contributed by atoms with van der Waals surface area (Å²) in [6.07, 6.45) is 5.50. The maximum absolute atomic E-state index is 12.0. The lowest BCUT2D eigenvalue weighted by molar-refractivity contribution is -0.384. The number of likely N-dealkylation sites (N-methyl/N-ethyl adjacent to an activating group) is 2. The molecule has 2 aromatic carbocycles. The average Bonchev–Trinajstić information content (AvgIpc) is 3.51. The maximum atomic E-state index is 12.0. The molecule has 1 atom stereocenters. The zero-order valence-electron chi connectivity index (χ0n) is 23.6. The monoisotopic (exact) mass is 555 g/mol. The van der Waals surface area contributed by atoms with Crippen LogP contribution in [0.15, 0.2) is 58.8 Å². The average molecular weight is 556 g/mol. The lowest BCUT2D eigenvalue weighted by Crippen LogP contribution is -2.29. The van der Waals surface area contributed by atoms with E-state index < -0.39 is 0 Å². The topological polar surface area (TPSA) is 117 Å². The molecule has 1 unspecified atom stereocenters. The van der Waals surface area contributed by atoms with E-state index in [9.17, 15) is 10.1 Å². The van der Waals surface area contributed by atoms with Crippen molar-refractivity contribution in [1.82, 2.24) is 19.4 Å². The van der Waals surface area contributed by atoms with Crippen molar-refractivity contribution < 1.29 is 4.92 Å². The van der Waals surface area contributed by atoms with Crippen LogP contribution >= 0.6 is 0 Å². The molecule has 0 saturated carbocycles. The molecule has 11 heteroatoms. The molecule has 0 bridgehead atoms. The van der Waals surface area contributed by atoms with Crippen LogP contribution < -0.4 is 10.2 Å². The predicted molar refractivity (Wildman–Crippen MR) is 168 cm³/mol. The molecule has 1 N–H and O–H groups in total. The van der Waals surface area contributed by atoms with Gasteiger partial charge in [0, 0.05) is 73.9 Å². The summed E-state index contributed by atoms with van der Waals surface area (Å²) in [4.78, 5) is 33.6.